The SMILES string of the molecule is CC[N+]1(C(=O)NCc2ccc(Cl)c(Cl)c2)C(=O)CC[C@H]1C. The van der Waals surface area contributed by atoms with Crippen LogP contribution in [0, 0.1) is 0 Å². The standard InChI is InChI=1S/C15H18Cl2N2O2/c1-3-19(10(2)4-7-14(19)20)15(21)18-9-11-5-6-12(16)13(17)8-11/h5-6,8,10H,3-4,7,9H2,1-2H3/p+1/t10-,19?/m1/s1. The van der Waals surface area contributed by atoms with Crippen molar-refractivity contribution in [1.29, 1.82) is 0 Å². The number of rotatable bonds is 3. The molecule has 1 aromatic rings. The van der Waals surface area contributed by atoms with Crippen LogP contribution in [0.15, 0.2) is 18.2 Å². The van der Waals surface area contributed by atoms with E-state index >= 15 is 0 Å². The maximum Gasteiger partial charge on any atom is 0.424 e. The zero-order chi connectivity index (χ0) is 15.6. The number of imide groups is 1. The Kier molecular flexibility index (Phi) is 4.91. The summed E-state index contributed by atoms with van der Waals surface area (Å²) in [5.41, 5.74) is 0.853. The molecule has 21 heavy (non-hydrogen) atoms. The van der Waals surface area contributed by atoms with E-state index in [-0.39, 0.29) is 22.5 Å². The summed E-state index contributed by atoms with van der Waals surface area (Å²) in [5.74, 6) is -0.00311. The third-order valence-electron chi connectivity index (χ3n) is 4.26. The van der Waals surface area contributed by atoms with Crippen LogP contribution in [0.1, 0.15) is 32.3 Å². The first-order chi connectivity index (χ1) is 9.91. The largest absolute Gasteiger partial charge is 0.424 e. The average Bonchev–Trinajstić information content (AvgIpc) is 2.76. The van der Waals surface area contributed by atoms with E-state index in [1.807, 2.05) is 13.8 Å². The van der Waals surface area contributed by atoms with Crippen molar-refractivity contribution in [2.75, 3.05) is 6.54 Å². The van der Waals surface area contributed by atoms with Gasteiger partial charge in [-0.3, -0.25) is 0 Å². The lowest BCUT2D eigenvalue weighted by molar-refractivity contribution is -0.788. The van der Waals surface area contributed by atoms with Crippen molar-refractivity contribution in [2.24, 2.45) is 0 Å². The lowest BCUT2D eigenvalue weighted by Gasteiger charge is -2.31. The van der Waals surface area contributed by atoms with E-state index < -0.39 is 0 Å². The molecule has 1 fully saturated rings. The van der Waals surface area contributed by atoms with Gasteiger partial charge in [0, 0.05) is 13.0 Å². The van der Waals surface area contributed by atoms with Gasteiger partial charge in [-0.05, 0) is 31.5 Å². The number of amides is 3. The number of quaternary nitrogens is 1. The van der Waals surface area contributed by atoms with Gasteiger partial charge in [-0.1, -0.05) is 29.3 Å². The van der Waals surface area contributed by atoms with Crippen molar-refractivity contribution in [3.8, 4) is 0 Å². The Labute approximate surface area is 134 Å². The van der Waals surface area contributed by atoms with Gasteiger partial charge < -0.3 is 5.32 Å². The highest BCUT2D eigenvalue weighted by molar-refractivity contribution is 6.42. The molecule has 0 bridgehead atoms. The quantitative estimate of drug-likeness (QED) is 0.858. The topological polar surface area (TPSA) is 46.2 Å². The van der Waals surface area contributed by atoms with Crippen LogP contribution in [0.5, 0.6) is 0 Å². The van der Waals surface area contributed by atoms with Crippen LogP contribution >= 0.6 is 23.2 Å². The fraction of sp³-hybridized carbons (Fsp3) is 0.467. The van der Waals surface area contributed by atoms with Crippen molar-refractivity contribution in [2.45, 2.75) is 39.3 Å². The molecule has 1 unspecified atom stereocenters. The number of benzene rings is 1. The average molecular weight is 330 g/mol. The molecule has 2 rings (SSSR count). The number of halogens is 2. The number of hydrogen-bond donors (Lipinski definition) is 1. The predicted molar refractivity (Wildman–Crippen MR) is 83.2 cm³/mol. The molecule has 1 aliphatic heterocycles. The molecule has 0 radical (unpaired) electrons. The maximum absolute atomic E-state index is 12.5. The molecule has 0 aromatic heterocycles. The Morgan fingerprint density at radius 3 is 2.62 bits per heavy atom. The van der Waals surface area contributed by atoms with Gasteiger partial charge in [0.2, 0.25) is 0 Å². The summed E-state index contributed by atoms with van der Waals surface area (Å²) < 4.78 is -0.110. The molecule has 1 saturated heterocycles. The van der Waals surface area contributed by atoms with Gasteiger partial charge in [0.05, 0.1) is 23.0 Å². The summed E-state index contributed by atoms with van der Waals surface area (Å²) in [7, 11) is 0. The predicted octanol–water partition coefficient (Wildman–Crippen LogP) is 3.75. The summed E-state index contributed by atoms with van der Waals surface area (Å²) in [4.78, 5) is 24.7. The molecule has 2 atom stereocenters. The van der Waals surface area contributed by atoms with E-state index in [0.29, 0.717) is 29.6 Å². The normalized spacial score (nSPS) is 25.1. The third kappa shape index (κ3) is 2.93. The van der Waals surface area contributed by atoms with E-state index in [0.717, 1.165) is 12.0 Å². The van der Waals surface area contributed by atoms with E-state index in [1.165, 1.54) is 0 Å². The summed E-state index contributed by atoms with van der Waals surface area (Å²) in [6, 6.07) is 5.00. The zero-order valence-electron chi connectivity index (χ0n) is 12.2. The minimum Gasteiger partial charge on any atom is -0.301 e. The molecular weight excluding hydrogens is 311 g/mol. The van der Waals surface area contributed by atoms with Crippen LogP contribution < -0.4 is 5.32 Å². The molecule has 6 heteroatoms. The fourth-order valence-electron chi connectivity index (χ4n) is 2.91. The third-order valence-corrected chi connectivity index (χ3v) is 5.00. The minimum absolute atomic E-state index is 0.00311. The second kappa shape index (κ2) is 6.34. The number of urea groups is 1. The van der Waals surface area contributed by atoms with Crippen molar-refractivity contribution in [3.05, 3.63) is 33.8 Å². The molecule has 1 heterocycles. The number of nitrogens with one attached hydrogen (secondary N) is 1. The Balaban J connectivity index is 2.10. The summed E-state index contributed by atoms with van der Waals surface area (Å²) in [6.45, 7) is 4.63. The van der Waals surface area contributed by atoms with Crippen molar-refractivity contribution >= 4 is 35.1 Å². The Hall–Kier alpha value is -1.10. The van der Waals surface area contributed by atoms with E-state index in [2.05, 4.69) is 5.32 Å². The van der Waals surface area contributed by atoms with Crippen LogP contribution in [0.3, 0.4) is 0 Å². The van der Waals surface area contributed by atoms with Crippen LogP contribution in [0.4, 0.5) is 4.79 Å². The van der Waals surface area contributed by atoms with Gasteiger partial charge in [0.25, 0.3) is 0 Å². The van der Waals surface area contributed by atoms with Gasteiger partial charge in [-0.25, -0.2) is 9.59 Å². The highest BCUT2D eigenvalue weighted by Gasteiger charge is 2.52. The number of carbonyl (C=O) groups is 2. The van der Waals surface area contributed by atoms with Crippen LogP contribution in [-0.2, 0) is 11.3 Å². The smallest absolute Gasteiger partial charge is 0.301 e. The van der Waals surface area contributed by atoms with E-state index in [9.17, 15) is 9.59 Å². The first kappa shape index (κ1) is 16.3. The van der Waals surface area contributed by atoms with Gasteiger partial charge in [0.1, 0.15) is 6.04 Å². The van der Waals surface area contributed by atoms with Gasteiger partial charge in [-0.2, -0.15) is 4.48 Å². The molecule has 4 nitrogen and oxygen atoms in total. The monoisotopic (exact) mass is 329 g/mol. The number of hydrogen-bond acceptors (Lipinski definition) is 2. The molecule has 114 valence electrons. The van der Waals surface area contributed by atoms with Crippen molar-refractivity contribution in [1.82, 2.24) is 5.32 Å². The summed E-state index contributed by atoms with van der Waals surface area (Å²) >= 11 is 11.8. The van der Waals surface area contributed by atoms with Crippen LogP contribution in [-0.4, -0.2) is 29.0 Å². The maximum atomic E-state index is 12.5. The van der Waals surface area contributed by atoms with Crippen molar-refractivity contribution < 1.29 is 14.1 Å². The Morgan fingerprint density at radius 1 is 1.38 bits per heavy atom. The molecule has 1 aromatic carbocycles. The molecule has 0 aliphatic carbocycles. The van der Waals surface area contributed by atoms with Crippen LogP contribution in [0.2, 0.25) is 10.0 Å². The molecule has 1 N–H and O–H groups in total. The Bertz CT molecular complexity index is 577. The summed E-state index contributed by atoms with van der Waals surface area (Å²) in [6.07, 6.45) is 1.22. The Morgan fingerprint density at radius 2 is 2.10 bits per heavy atom. The zero-order valence-corrected chi connectivity index (χ0v) is 13.7. The number of nitrogens with zero attached hydrogens (tertiary/aromatic N) is 1. The highest BCUT2D eigenvalue weighted by atomic mass is 35.5. The first-order valence-corrected chi connectivity index (χ1v) is 7.81. The molecule has 3 amide bonds. The lowest BCUT2D eigenvalue weighted by Crippen LogP contribution is -2.61. The minimum atomic E-state index is -0.237. The molecular formula is C15H19Cl2N2O2+. The highest BCUT2D eigenvalue weighted by Crippen LogP contribution is 2.28. The van der Waals surface area contributed by atoms with Crippen molar-refractivity contribution in [3.63, 3.8) is 0 Å². The van der Waals surface area contributed by atoms with Gasteiger partial charge in [0.15, 0.2) is 0 Å². The number of likely N-dealkylation sites (tertiary alicyclic amines) is 1. The second-order valence-electron chi connectivity index (χ2n) is 5.37. The molecule has 0 saturated carbocycles. The molecule has 1 aliphatic rings. The fourth-order valence-corrected chi connectivity index (χ4v) is 3.23. The lowest BCUT2D eigenvalue weighted by atomic mass is 10.2. The summed E-state index contributed by atoms with van der Waals surface area (Å²) in [5, 5.41) is 3.78. The first-order valence-electron chi connectivity index (χ1n) is 7.05. The molecule has 0 spiro atoms. The van der Waals surface area contributed by atoms with Gasteiger partial charge >= 0.3 is 11.9 Å². The van der Waals surface area contributed by atoms with Gasteiger partial charge in [-0.15, -0.1) is 0 Å². The number of carbonyl (C=O) groups excluding carboxylic acids is 2. The second-order valence-corrected chi connectivity index (χ2v) is 6.19. The van der Waals surface area contributed by atoms with E-state index in [4.69, 9.17) is 23.2 Å². The van der Waals surface area contributed by atoms with Crippen LogP contribution in [0.25, 0.3) is 0 Å². The van der Waals surface area contributed by atoms with E-state index in [1.54, 1.807) is 18.2 Å².